The van der Waals surface area contributed by atoms with Gasteiger partial charge in [-0.15, -0.1) is 0 Å². The number of pyridine rings is 1. The second kappa shape index (κ2) is 6.32. The molecular formula is C12H18N4O2. The molecule has 4 N–H and O–H groups in total. The highest BCUT2D eigenvalue weighted by molar-refractivity contribution is 5.95. The molecule has 0 amide bonds. The van der Waals surface area contributed by atoms with E-state index in [0.717, 1.165) is 31.6 Å². The van der Waals surface area contributed by atoms with E-state index >= 15 is 0 Å². The van der Waals surface area contributed by atoms with E-state index in [-0.39, 0.29) is 5.84 Å². The zero-order valence-corrected chi connectivity index (χ0v) is 10.2. The molecule has 6 nitrogen and oxygen atoms in total. The Balaban J connectivity index is 1.85. The summed E-state index contributed by atoms with van der Waals surface area (Å²) in [5.74, 6) is 0.0241. The van der Waals surface area contributed by atoms with Crippen molar-refractivity contribution >= 4 is 5.84 Å². The van der Waals surface area contributed by atoms with Crippen LogP contribution in [0.15, 0.2) is 23.5 Å². The fourth-order valence-corrected chi connectivity index (χ4v) is 1.96. The number of aromatic nitrogens is 1. The SMILES string of the molecule is NC(=NO)c1cc(CNCC2CCCO2)ccn1. The Kier molecular flexibility index (Phi) is 4.49. The Bertz CT molecular complexity index is 416. The summed E-state index contributed by atoms with van der Waals surface area (Å²) in [4.78, 5) is 4.03. The maximum Gasteiger partial charge on any atom is 0.188 e. The minimum atomic E-state index is 0.0241. The summed E-state index contributed by atoms with van der Waals surface area (Å²) in [6.45, 7) is 2.44. The molecule has 0 radical (unpaired) electrons. The van der Waals surface area contributed by atoms with Crippen molar-refractivity contribution in [2.75, 3.05) is 13.2 Å². The van der Waals surface area contributed by atoms with E-state index < -0.39 is 0 Å². The van der Waals surface area contributed by atoms with Crippen molar-refractivity contribution < 1.29 is 9.94 Å². The molecule has 1 atom stereocenters. The van der Waals surface area contributed by atoms with Gasteiger partial charge in [0.05, 0.1) is 6.10 Å². The van der Waals surface area contributed by atoms with Crippen LogP contribution in [0.25, 0.3) is 0 Å². The second-order valence-electron chi connectivity index (χ2n) is 4.30. The third-order valence-electron chi connectivity index (χ3n) is 2.92. The van der Waals surface area contributed by atoms with Crippen LogP contribution < -0.4 is 11.1 Å². The first-order valence-electron chi connectivity index (χ1n) is 6.04. The van der Waals surface area contributed by atoms with E-state index in [9.17, 15) is 0 Å². The van der Waals surface area contributed by atoms with Gasteiger partial charge in [0.25, 0.3) is 0 Å². The molecule has 18 heavy (non-hydrogen) atoms. The molecule has 2 heterocycles. The predicted molar refractivity (Wildman–Crippen MR) is 67.4 cm³/mol. The van der Waals surface area contributed by atoms with Crippen molar-refractivity contribution in [3.05, 3.63) is 29.6 Å². The van der Waals surface area contributed by atoms with Gasteiger partial charge in [-0.3, -0.25) is 4.98 Å². The molecule has 1 aliphatic heterocycles. The van der Waals surface area contributed by atoms with Crippen LogP contribution in [0, 0.1) is 0 Å². The van der Waals surface area contributed by atoms with Crippen molar-refractivity contribution in [1.82, 2.24) is 10.3 Å². The highest BCUT2D eigenvalue weighted by Gasteiger charge is 2.14. The summed E-state index contributed by atoms with van der Waals surface area (Å²) in [5, 5.41) is 14.9. The van der Waals surface area contributed by atoms with Gasteiger partial charge in [-0.25, -0.2) is 0 Å². The van der Waals surface area contributed by atoms with Crippen LogP contribution in [0.1, 0.15) is 24.1 Å². The minimum Gasteiger partial charge on any atom is -0.409 e. The molecule has 1 saturated heterocycles. The van der Waals surface area contributed by atoms with Gasteiger partial charge in [-0.1, -0.05) is 5.16 Å². The lowest BCUT2D eigenvalue weighted by Gasteiger charge is -2.10. The summed E-state index contributed by atoms with van der Waals surface area (Å²) in [7, 11) is 0. The number of amidine groups is 1. The van der Waals surface area contributed by atoms with Crippen LogP contribution >= 0.6 is 0 Å². The lowest BCUT2D eigenvalue weighted by atomic mass is 10.2. The van der Waals surface area contributed by atoms with E-state index in [1.807, 2.05) is 6.07 Å². The summed E-state index contributed by atoms with van der Waals surface area (Å²) in [5.41, 5.74) is 7.01. The Labute approximate surface area is 106 Å². The molecule has 1 unspecified atom stereocenters. The zero-order valence-electron chi connectivity index (χ0n) is 10.2. The molecule has 1 aromatic rings. The molecule has 1 aromatic heterocycles. The molecule has 2 rings (SSSR count). The number of nitrogens with one attached hydrogen (secondary N) is 1. The van der Waals surface area contributed by atoms with Gasteiger partial charge in [0.2, 0.25) is 0 Å². The first-order valence-corrected chi connectivity index (χ1v) is 6.04. The van der Waals surface area contributed by atoms with Gasteiger partial charge >= 0.3 is 0 Å². The van der Waals surface area contributed by atoms with E-state index in [1.54, 1.807) is 12.3 Å². The van der Waals surface area contributed by atoms with Crippen molar-refractivity contribution in [2.45, 2.75) is 25.5 Å². The number of nitrogens with two attached hydrogens (primary N) is 1. The molecule has 0 saturated carbocycles. The average molecular weight is 250 g/mol. The van der Waals surface area contributed by atoms with Crippen LogP contribution in [0.3, 0.4) is 0 Å². The number of rotatable bonds is 5. The first kappa shape index (κ1) is 12.8. The van der Waals surface area contributed by atoms with Crippen LogP contribution in [0.5, 0.6) is 0 Å². The largest absolute Gasteiger partial charge is 0.409 e. The Morgan fingerprint density at radius 3 is 3.28 bits per heavy atom. The quantitative estimate of drug-likeness (QED) is 0.305. The summed E-state index contributed by atoms with van der Waals surface area (Å²) < 4.78 is 5.52. The maximum absolute atomic E-state index is 8.59. The van der Waals surface area contributed by atoms with Gasteiger partial charge in [0.15, 0.2) is 5.84 Å². The lowest BCUT2D eigenvalue weighted by molar-refractivity contribution is 0.110. The van der Waals surface area contributed by atoms with Crippen LogP contribution in [0.2, 0.25) is 0 Å². The number of hydrogen-bond donors (Lipinski definition) is 3. The van der Waals surface area contributed by atoms with Crippen LogP contribution in [0.4, 0.5) is 0 Å². The second-order valence-corrected chi connectivity index (χ2v) is 4.30. The van der Waals surface area contributed by atoms with Gasteiger partial charge in [-0.2, -0.15) is 0 Å². The lowest BCUT2D eigenvalue weighted by Crippen LogP contribution is -2.26. The monoisotopic (exact) mass is 250 g/mol. The van der Waals surface area contributed by atoms with Gasteiger partial charge in [0, 0.05) is 25.9 Å². The standard InChI is InChI=1S/C12H18N4O2/c13-12(16-17)11-6-9(3-4-15-11)7-14-8-10-2-1-5-18-10/h3-4,6,10,14,17H,1-2,5,7-8H2,(H2,13,16). The summed E-state index contributed by atoms with van der Waals surface area (Å²) in [6, 6.07) is 3.70. The highest BCUT2D eigenvalue weighted by Crippen LogP contribution is 2.10. The van der Waals surface area contributed by atoms with Crippen molar-refractivity contribution in [3.63, 3.8) is 0 Å². The third-order valence-corrected chi connectivity index (χ3v) is 2.92. The summed E-state index contributed by atoms with van der Waals surface area (Å²) in [6.07, 6.45) is 4.25. The van der Waals surface area contributed by atoms with Crippen molar-refractivity contribution in [3.8, 4) is 0 Å². The van der Waals surface area contributed by atoms with Gasteiger partial charge in [0.1, 0.15) is 5.69 Å². The minimum absolute atomic E-state index is 0.0241. The molecule has 6 heteroatoms. The highest BCUT2D eigenvalue weighted by atomic mass is 16.5. The van der Waals surface area contributed by atoms with Gasteiger partial charge < -0.3 is 21.0 Å². The number of ether oxygens (including phenoxy) is 1. The fourth-order valence-electron chi connectivity index (χ4n) is 1.96. The Morgan fingerprint density at radius 1 is 1.67 bits per heavy atom. The summed E-state index contributed by atoms with van der Waals surface area (Å²) >= 11 is 0. The van der Waals surface area contributed by atoms with Crippen molar-refractivity contribution in [2.24, 2.45) is 10.9 Å². The molecular weight excluding hydrogens is 232 g/mol. The predicted octanol–water partition coefficient (Wildman–Crippen LogP) is 0.445. The van der Waals surface area contributed by atoms with E-state index in [0.29, 0.717) is 18.3 Å². The van der Waals surface area contributed by atoms with Crippen LogP contribution in [-0.2, 0) is 11.3 Å². The average Bonchev–Trinajstić information content (AvgIpc) is 2.91. The molecule has 0 bridgehead atoms. The van der Waals surface area contributed by atoms with E-state index in [4.69, 9.17) is 15.7 Å². The molecule has 1 fully saturated rings. The topological polar surface area (TPSA) is 92.8 Å². The third kappa shape index (κ3) is 3.41. The smallest absolute Gasteiger partial charge is 0.188 e. The van der Waals surface area contributed by atoms with E-state index in [2.05, 4.69) is 15.5 Å². The first-order chi connectivity index (χ1) is 8.79. The van der Waals surface area contributed by atoms with Gasteiger partial charge in [-0.05, 0) is 30.5 Å². The maximum atomic E-state index is 8.59. The Hall–Kier alpha value is -1.66. The number of nitrogens with zero attached hydrogens (tertiary/aromatic N) is 2. The fraction of sp³-hybridized carbons (Fsp3) is 0.500. The van der Waals surface area contributed by atoms with Crippen molar-refractivity contribution in [1.29, 1.82) is 0 Å². The molecule has 1 aliphatic rings. The zero-order chi connectivity index (χ0) is 12.8. The molecule has 0 spiro atoms. The molecule has 0 aromatic carbocycles. The number of hydrogen-bond acceptors (Lipinski definition) is 5. The van der Waals surface area contributed by atoms with Crippen LogP contribution in [-0.4, -0.2) is 35.3 Å². The molecule has 0 aliphatic carbocycles. The number of oxime groups is 1. The molecule has 98 valence electrons. The normalized spacial score (nSPS) is 20.2. The van der Waals surface area contributed by atoms with E-state index in [1.165, 1.54) is 0 Å². The Morgan fingerprint density at radius 2 is 2.56 bits per heavy atom.